The highest BCUT2D eigenvalue weighted by Gasteiger charge is 2.31. The fourth-order valence-corrected chi connectivity index (χ4v) is 2.50. The van der Waals surface area contributed by atoms with Crippen LogP contribution in [-0.2, 0) is 4.79 Å². The molecule has 0 unspecified atom stereocenters. The molecule has 1 aromatic rings. The van der Waals surface area contributed by atoms with E-state index in [2.05, 4.69) is 5.32 Å². The zero-order valence-corrected chi connectivity index (χ0v) is 12.1. The van der Waals surface area contributed by atoms with Crippen LogP contribution in [0.2, 0.25) is 10.0 Å². The highest BCUT2D eigenvalue weighted by molar-refractivity contribution is 6.42. The lowest BCUT2D eigenvalue weighted by Gasteiger charge is -2.32. The number of rotatable bonds is 2. The first-order valence-electron chi connectivity index (χ1n) is 6.24. The van der Waals surface area contributed by atoms with Crippen LogP contribution in [0.4, 0.5) is 10.5 Å². The first-order chi connectivity index (χ1) is 9.49. The molecule has 0 radical (unpaired) electrons. The molecule has 0 bridgehead atoms. The summed E-state index contributed by atoms with van der Waals surface area (Å²) >= 11 is 11.7. The Bertz CT molecular complexity index is 536. The van der Waals surface area contributed by atoms with E-state index in [0.29, 0.717) is 28.7 Å². The van der Waals surface area contributed by atoms with Gasteiger partial charge in [-0.25, -0.2) is 9.59 Å². The largest absolute Gasteiger partial charge is 0.480 e. The number of carbonyl (C=O) groups excluding carboxylic acids is 1. The number of hydrogen-bond acceptors (Lipinski definition) is 2. The number of benzene rings is 1. The number of aliphatic carboxylic acids is 1. The monoisotopic (exact) mass is 316 g/mol. The van der Waals surface area contributed by atoms with E-state index in [4.69, 9.17) is 28.3 Å². The van der Waals surface area contributed by atoms with Gasteiger partial charge >= 0.3 is 12.0 Å². The summed E-state index contributed by atoms with van der Waals surface area (Å²) < 4.78 is 0. The SMILES string of the molecule is O=C(O)[C@H]1CCCCN1C(=O)Nc1ccc(Cl)c(Cl)c1. The lowest BCUT2D eigenvalue weighted by molar-refractivity contribution is -0.143. The quantitative estimate of drug-likeness (QED) is 0.877. The predicted octanol–water partition coefficient (Wildman–Crippen LogP) is 3.46. The molecular weight excluding hydrogens is 303 g/mol. The molecule has 5 nitrogen and oxygen atoms in total. The van der Waals surface area contributed by atoms with Gasteiger partial charge in [-0.3, -0.25) is 0 Å². The van der Waals surface area contributed by atoms with Crippen molar-refractivity contribution >= 4 is 40.9 Å². The van der Waals surface area contributed by atoms with Crippen LogP contribution in [0.1, 0.15) is 19.3 Å². The molecule has 0 spiro atoms. The molecule has 0 aliphatic carbocycles. The Hall–Kier alpha value is -1.46. The Morgan fingerprint density at radius 2 is 2.00 bits per heavy atom. The van der Waals surface area contributed by atoms with Gasteiger partial charge in [0.05, 0.1) is 10.0 Å². The molecule has 2 amide bonds. The van der Waals surface area contributed by atoms with Crippen molar-refractivity contribution in [2.75, 3.05) is 11.9 Å². The van der Waals surface area contributed by atoms with Gasteiger partial charge in [0.25, 0.3) is 0 Å². The van der Waals surface area contributed by atoms with Gasteiger partial charge in [0.1, 0.15) is 6.04 Å². The molecule has 7 heteroatoms. The number of carboxylic acid groups (broad SMARTS) is 1. The molecule has 1 aliphatic rings. The molecule has 1 aromatic carbocycles. The van der Waals surface area contributed by atoms with E-state index in [-0.39, 0.29) is 0 Å². The Morgan fingerprint density at radius 3 is 2.65 bits per heavy atom. The van der Waals surface area contributed by atoms with Gasteiger partial charge in [-0.1, -0.05) is 23.2 Å². The molecule has 0 aromatic heterocycles. The maximum absolute atomic E-state index is 12.2. The number of nitrogens with zero attached hydrogens (tertiary/aromatic N) is 1. The normalized spacial score (nSPS) is 18.7. The van der Waals surface area contributed by atoms with E-state index in [9.17, 15) is 9.59 Å². The fraction of sp³-hybridized carbons (Fsp3) is 0.385. The Balaban J connectivity index is 2.09. The zero-order valence-electron chi connectivity index (χ0n) is 10.6. The standard InChI is InChI=1S/C13H14Cl2N2O3/c14-9-5-4-8(7-10(9)15)16-13(20)17-6-2-1-3-11(17)12(18)19/h4-5,7,11H,1-3,6H2,(H,16,20)(H,18,19)/t11-/m1/s1. The number of hydrogen-bond donors (Lipinski definition) is 2. The van der Waals surface area contributed by atoms with Crippen LogP contribution in [0.5, 0.6) is 0 Å². The second-order valence-electron chi connectivity index (χ2n) is 4.60. The van der Waals surface area contributed by atoms with E-state index in [1.165, 1.54) is 11.0 Å². The van der Waals surface area contributed by atoms with E-state index in [0.717, 1.165) is 12.8 Å². The number of urea groups is 1. The third-order valence-electron chi connectivity index (χ3n) is 3.22. The smallest absolute Gasteiger partial charge is 0.326 e. The third kappa shape index (κ3) is 3.35. The number of carboxylic acids is 1. The maximum atomic E-state index is 12.2. The topological polar surface area (TPSA) is 69.6 Å². The van der Waals surface area contributed by atoms with Crippen molar-refractivity contribution < 1.29 is 14.7 Å². The molecule has 1 aliphatic heterocycles. The summed E-state index contributed by atoms with van der Waals surface area (Å²) in [7, 11) is 0. The molecule has 1 atom stereocenters. The lowest BCUT2D eigenvalue weighted by atomic mass is 10.0. The molecule has 20 heavy (non-hydrogen) atoms. The maximum Gasteiger partial charge on any atom is 0.326 e. The van der Waals surface area contributed by atoms with Gasteiger partial charge in [0.15, 0.2) is 0 Å². The highest BCUT2D eigenvalue weighted by atomic mass is 35.5. The molecular formula is C13H14Cl2N2O3. The summed E-state index contributed by atoms with van der Waals surface area (Å²) in [5.74, 6) is -0.978. The van der Waals surface area contributed by atoms with E-state index >= 15 is 0 Å². The van der Waals surface area contributed by atoms with E-state index in [1.807, 2.05) is 0 Å². The second-order valence-corrected chi connectivity index (χ2v) is 5.42. The van der Waals surface area contributed by atoms with Crippen LogP contribution in [0.15, 0.2) is 18.2 Å². The molecule has 108 valence electrons. The predicted molar refractivity (Wildman–Crippen MR) is 77.5 cm³/mol. The van der Waals surface area contributed by atoms with Crippen LogP contribution < -0.4 is 5.32 Å². The van der Waals surface area contributed by atoms with Crippen molar-refractivity contribution in [3.8, 4) is 0 Å². The Morgan fingerprint density at radius 1 is 1.25 bits per heavy atom. The summed E-state index contributed by atoms with van der Waals surface area (Å²) in [4.78, 5) is 24.7. The fourth-order valence-electron chi connectivity index (χ4n) is 2.20. The number of carbonyl (C=O) groups is 2. The van der Waals surface area contributed by atoms with Gasteiger partial charge in [0.2, 0.25) is 0 Å². The molecule has 2 N–H and O–H groups in total. The van der Waals surface area contributed by atoms with Gasteiger partial charge in [-0.2, -0.15) is 0 Å². The average Bonchev–Trinajstić information content (AvgIpc) is 2.43. The number of anilines is 1. The van der Waals surface area contributed by atoms with Crippen molar-refractivity contribution in [1.29, 1.82) is 0 Å². The number of amides is 2. The van der Waals surface area contributed by atoms with Crippen LogP contribution >= 0.6 is 23.2 Å². The van der Waals surface area contributed by atoms with Crippen LogP contribution in [0, 0.1) is 0 Å². The van der Waals surface area contributed by atoms with Crippen LogP contribution in [0.25, 0.3) is 0 Å². The minimum atomic E-state index is -0.978. The summed E-state index contributed by atoms with van der Waals surface area (Å²) in [6.07, 6.45) is 2.09. The van der Waals surface area contributed by atoms with E-state index < -0.39 is 18.0 Å². The molecule has 1 saturated heterocycles. The minimum Gasteiger partial charge on any atom is -0.480 e. The van der Waals surface area contributed by atoms with Crippen molar-refractivity contribution in [2.24, 2.45) is 0 Å². The summed E-state index contributed by atoms with van der Waals surface area (Å²) in [5.41, 5.74) is 0.485. The first kappa shape index (κ1) is 14.9. The van der Waals surface area contributed by atoms with Crippen molar-refractivity contribution in [3.05, 3.63) is 28.2 Å². The minimum absolute atomic E-state index is 0.331. The summed E-state index contributed by atoms with van der Waals surface area (Å²) in [6, 6.07) is 3.51. The Kier molecular flexibility index (Phi) is 4.73. The summed E-state index contributed by atoms with van der Waals surface area (Å²) in [6.45, 7) is 0.435. The van der Waals surface area contributed by atoms with Gasteiger partial charge < -0.3 is 15.3 Å². The highest BCUT2D eigenvalue weighted by Crippen LogP contribution is 2.26. The molecule has 1 fully saturated rings. The number of likely N-dealkylation sites (tertiary alicyclic amines) is 1. The first-order valence-corrected chi connectivity index (χ1v) is 7.00. The Labute approximate surface area is 126 Å². The molecule has 0 saturated carbocycles. The second kappa shape index (κ2) is 6.33. The lowest BCUT2D eigenvalue weighted by Crippen LogP contribution is -2.49. The van der Waals surface area contributed by atoms with Gasteiger partial charge in [-0.15, -0.1) is 0 Å². The van der Waals surface area contributed by atoms with Crippen LogP contribution in [-0.4, -0.2) is 34.6 Å². The third-order valence-corrected chi connectivity index (χ3v) is 3.96. The van der Waals surface area contributed by atoms with Crippen molar-refractivity contribution in [1.82, 2.24) is 4.90 Å². The van der Waals surface area contributed by atoms with Crippen LogP contribution in [0.3, 0.4) is 0 Å². The number of piperidine rings is 1. The number of halogens is 2. The van der Waals surface area contributed by atoms with Gasteiger partial charge in [-0.05, 0) is 37.5 Å². The van der Waals surface area contributed by atoms with Crippen molar-refractivity contribution in [2.45, 2.75) is 25.3 Å². The van der Waals surface area contributed by atoms with Crippen molar-refractivity contribution in [3.63, 3.8) is 0 Å². The molecule has 1 heterocycles. The number of nitrogens with one attached hydrogen (secondary N) is 1. The zero-order chi connectivity index (χ0) is 14.7. The van der Waals surface area contributed by atoms with Gasteiger partial charge in [0, 0.05) is 12.2 Å². The summed E-state index contributed by atoms with van der Waals surface area (Å²) in [5, 5.41) is 12.5. The van der Waals surface area contributed by atoms with E-state index in [1.54, 1.807) is 12.1 Å². The average molecular weight is 317 g/mol. The molecule has 2 rings (SSSR count).